The van der Waals surface area contributed by atoms with E-state index in [0.717, 1.165) is 102 Å². The van der Waals surface area contributed by atoms with Gasteiger partial charge in [-0.05, 0) is 131 Å². The Bertz CT molecular complexity index is 3550. The predicted octanol–water partition coefficient (Wildman–Crippen LogP) is 10.6. The van der Waals surface area contributed by atoms with Crippen LogP contribution in [0.25, 0.3) is 0 Å². The average molecular weight is 1370 g/mol. The Morgan fingerprint density at radius 1 is 0.383 bits per heavy atom. The van der Waals surface area contributed by atoms with Gasteiger partial charge in [0.05, 0.1) is 55.5 Å². The van der Waals surface area contributed by atoms with Crippen LogP contribution in [0.3, 0.4) is 0 Å². The summed E-state index contributed by atoms with van der Waals surface area (Å²) in [6.07, 6.45) is 3.50. The maximum absolute atomic E-state index is 11.1. The Labute approximate surface area is 565 Å². The van der Waals surface area contributed by atoms with Crippen LogP contribution in [0.2, 0.25) is 20.1 Å². The van der Waals surface area contributed by atoms with Crippen LogP contribution in [0.15, 0.2) is 97.1 Å². The fourth-order valence-corrected chi connectivity index (χ4v) is 12.5. The molecule has 0 saturated carbocycles. The lowest BCUT2D eigenvalue weighted by atomic mass is 10.0. The van der Waals surface area contributed by atoms with Gasteiger partial charge in [-0.3, -0.25) is 10.1 Å². The molecule has 0 spiro atoms. The van der Waals surface area contributed by atoms with Crippen LogP contribution in [0, 0.1) is 37.8 Å². The summed E-state index contributed by atoms with van der Waals surface area (Å²) in [5, 5.41) is 13.6. The minimum atomic E-state index is -0.436. The number of rotatable bonds is 9. The molecule has 8 heterocycles. The summed E-state index contributed by atoms with van der Waals surface area (Å²) >= 11 is 25.5. The second-order valence-electron chi connectivity index (χ2n) is 22.8. The number of halogens is 4. The van der Waals surface area contributed by atoms with Crippen molar-refractivity contribution in [2.45, 2.75) is 77.5 Å². The molecule has 0 bridgehead atoms. The first-order valence-electron chi connectivity index (χ1n) is 30.5. The molecule has 26 nitrogen and oxygen atoms in total. The summed E-state index contributed by atoms with van der Waals surface area (Å²) < 4.78 is 22.9. The second kappa shape index (κ2) is 32.5. The Kier molecular flexibility index (Phi) is 24.1. The van der Waals surface area contributed by atoms with E-state index in [0.29, 0.717) is 108 Å². The monoisotopic (exact) mass is 1360 g/mol. The van der Waals surface area contributed by atoms with E-state index in [9.17, 15) is 10.1 Å². The zero-order valence-electron chi connectivity index (χ0n) is 52.7. The van der Waals surface area contributed by atoms with Crippen molar-refractivity contribution in [2.75, 3.05) is 139 Å². The fraction of sp³-hybridized carbons (Fsp3) is 0.375. The van der Waals surface area contributed by atoms with Crippen LogP contribution < -0.4 is 59.7 Å². The third-order valence-corrected chi connectivity index (χ3v) is 17.0. The summed E-state index contributed by atoms with van der Waals surface area (Å²) in [7, 11) is 0. The molecule has 4 atom stereocenters. The van der Waals surface area contributed by atoms with Gasteiger partial charge in [0, 0.05) is 154 Å². The van der Waals surface area contributed by atoms with Gasteiger partial charge in [0.25, 0.3) is 5.69 Å². The molecule has 2 unspecified atom stereocenters. The van der Waals surface area contributed by atoms with Crippen LogP contribution in [0.1, 0.15) is 94.9 Å². The molecule has 0 radical (unpaired) electrons. The minimum Gasteiger partial charge on any atom is -0.399 e. The van der Waals surface area contributed by atoms with Gasteiger partial charge in [-0.2, -0.15) is 19.9 Å². The number of anilines is 11. The van der Waals surface area contributed by atoms with E-state index < -0.39 is 4.92 Å². The van der Waals surface area contributed by atoms with Crippen LogP contribution in [-0.2, 0) is 18.9 Å². The number of benzene rings is 4. The maximum atomic E-state index is 11.1. The summed E-state index contributed by atoms with van der Waals surface area (Å²) in [5.41, 5.74) is 49.7. The zero-order valence-corrected chi connectivity index (χ0v) is 55.7. The molecule has 0 aliphatic carbocycles. The van der Waals surface area contributed by atoms with Gasteiger partial charge < -0.3 is 78.7 Å². The van der Waals surface area contributed by atoms with Crippen LogP contribution in [0.4, 0.5) is 69.8 Å². The van der Waals surface area contributed by atoms with Gasteiger partial charge in [-0.1, -0.05) is 46.4 Å². The van der Waals surface area contributed by atoms with Crippen molar-refractivity contribution < 1.29 is 23.9 Å². The van der Waals surface area contributed by atoms with E-state index in [2.05, 4.69) is 54.6 Å². The molecule has 4 aliphatic rings. The van der Waals surface area contributed by atoms with Gasteiger partial charge in [-0.15, -0.1) is 0 Å². The molecular formula is C64H78Cl4N20O6. The Hall–Kier alpha value is -8.60. The van der Waals surface area contributed by atoms with Crippen molar-refractivity contribution in [1.29, 1.82) is 0 Å². The van der Waals surface area contributed by atoms with Crippen LogP contribution in [-0.4, -0.2) is 124 Å². The highest BCUT2D eigenvalue weighted by Crippen LogP contribution is 2.39. The van der Waals surface area contributed by atoms with Gasteiger partial charge in [0.15, 0.2) is 0 Å². The topological polar surface area (TPSA) is 378 Å². The molecule has 4 fully saturated rings. The lowest BCUT2D eigenvalue weighted by Gasteiger charge is -2.31. The summed E-state index contributed by atoms with van der Waals surface area (Å²) in [5.74, 6) is 3.98. The molecule has 14 N–H and O–H groups in total. The molecule has 94 heavy (non-hydrogen) atoms. The first-order valence-corrected chi connectivity index (χ1v) is 32.0. The van der Waals surface area contributed by atoms with Crippen LogP contribution in [0.5, 0.6) is 0 Å². The summed E-state index contributed by atoms with van der Waals surface area (Å²) in [4.78, 5) is 53.2. The van der Waals surface area contributed by atoms with E-state index in [1.54, 1.807) is 18.2 Å². The third kappa shape index (κ3) is 18.4. The average Bonchev–Trinajstić information content (AvgIpc) is 1.43. The molecule has 12 rings (SSSR count). The third-order valence-electron chi connectivity index (χ3n) is 15.7. The van der Waals surface area contributed by atoms with Crippen molar-refractivity contribution in [3.63, 3.8) is 0 Å². The van der Waals surface area contributed by atoms with Crippen molar-refractivity contribution in [3.8, 4) is 0 Å². The highest BCUT2D eigenvalue weighted by molar-refractivity contribution is 6.32. The minimum absolute atomic E-state index is 0.0121. The fourth-order valence-electron chi connectivity index (χ4n) is 11.5. The summed E-state index contributed by atoms with van der Waals surface area (Å²) in [6, 6.07) is 28.0. The standard InChI is InChI=1S/C16H18ClN5O3.3C16H20ClN5O/c1-10-7-15(20-16(18)19-10)21-5-2-6-25-9-14(21)12-8-11(22(23)24)3-4-13(12)17;3*1-10-7-15(21-16(19)20-10)22-5-2-6-23-9-14(22)12-8-11(18)3-4-13(12)17/h3-4,7-8,14H,2,5-6,9H2,1H3,(H2,18,19,20);3*3-4,7-8,14H,2,5-6,9,18H2,1H3,(H2,19,20,21)/t;2*14-;/m.10./s1. The Morgan fingerprint density at radius 2 is 0.628 bits per heavy atom. The van der Waals surface area contributed by atoms with E-state index in [1.165, 1.54) is 18.2 Å². The van der Waals surface area contributed by atoms with Crippen LogP contribution >= 0.6 is 46.4 Å². The van der Waals surface area contributed by atoms with E-state index in [1.807, 2.05) is 93.3 Å². The predicted molar refractivity (Wildman–Crippen MR) is 373 cm³/mol. The molecule has 4 saturated heterocycles. The van der Waals surface area contributed by atoms with E-state index in [-0.39, 0.29) is 53.6 Å². The number of non-ortho nitro benzene ring substituents is 1. The first kappa shape index (κ1) is 69.7. The number of nitrogens with zero attached hydrogens (tertiary/aromatic N) is 13. The first-order chi connectivity index (χ1) is 45.1. The Morgan fingerprint density at radius 3 is 0.872 bits per heavy atom. The molecule has 498 valence electrons. The van der Waals surface area contributed by atoms with Crippen molar-refractivity contribution >= 4 is 116 Å². The van der Waals surface area contributed by atoms with Gasteiger partial charge in [-0.25, -0.2) is 19.9 Å². The lowest BCUT2D eigenvalue weighted by molar-refractivity contribution is -0.384. The molecule has 4 aromatic carbocycles. The van der Waals surface area contributed by atoms with E-state index in [4.69, 9.17) is 105 Å². The molecule has 0 amide bonds. The highest BCUT2D eigenvalue weighted by Gasteiger charge is 2.32. The molecule has 4 aliphatic heterocycles. The SMILES string of the molecule is Cc1cc(N2CCCOCC2c2cc(N)ccc2Cl)nc(N)n1.Cc1cc(N2CCCOCC2c2cc([N+](=O)[O-])ccc2Cl)nc(N)n1.Cc1cc(N2CCCOC[C@@H]2c2cc(N)ccc2Cl)nc(N)n1.Cc1cc(N2CCCOC[C@H]2c2cc(N)ccc2Cl)nc(N)n1. The number of aromatic nitrogens is 8. The molecular weight excluding hydrogens is 1290 g/mol. The molecule has 30 heteroatoms. The number of hydrogen-bond donors (Lipinski definition) is 7. The highest BCUT2D eigenvalue weighted by atomic mass is 35.5. The Balaban J connectivity index is 0.000000148. The van der Waals surface area contributed by atoms with Crippen molar-refractivity contribution in [3.05, 3.63) is 172 Å². The normalized spacial score (nSPS) is 18.5. The number of nitro benzene ring substituents is 1. The van der Waals surface area contributed by atoms with Crippen molar-refractivity contribution in [2.24, 2.45) is 0 Å². The van der Waals surface area contributed by atoms with Crippen molar-refractivity contribution in [1.82, 2.24) is 39.9 Å². The number of nitrogens with two attached hydrogens (primary N) is 7. The van der Waals surface area contributed by atoms with E-state index >= 15 is 0 Å². The smallest absolute Gasteiger partial charge is 0.269 e. The number of nitrogen functional groups attached to an aromatic ring is 7. The largest absolute Gasteiger partial charge is 0.399 e. The van der Waals surface area contributed by atoms with Gasteiger partial charge >= 0.3 is 0 Å². The molecule has 4 aromatic heterocycles. The lowest BCUT2D eigenvalue weighted by Crippen LogP contribution is -2.32. The second-order valence-corrected chi connectivity index (χ2v) is 24.4. The zero-order chi connectivity index (χ0) is 67.2. The summed E-state index contributed by atoms with van der Waals surface area (Å²) in [6.45, 7) is 15.2. The number of hydrogen-bond acceptors (Lipinski definition) is 25. The number of aryl methyl sites for hydroxylation is 4. The maximum Gasteiger partial charge on any atom is 0.269 e. The quantitative estimate of drug-likeness (QED) is 0.0401. The molecule has 8 aromatic rings. The van der Waals surface area contributed by atoms with Gasteiger partial charge in [0.1, 0.15) is 23.3 Å². The van der Waals surface area contributed by atoms with Gasteiger partial charge in [0.2, 0.25) is 23.8 Å². The number of nitro groups is 1. The number of ether oxygens (including phenoxy) is 4.